The maximum atomic E-state index is 12.0. The van der Waals surface area contributed by atoms with Gasteiger partial charge in [0.1, 0.15) is 11.5 Å². The van der Waals surface area contributed by atoms with E-state index in [2.05, 4.69) is 0 Å². The summed E-state index contributed by atoms with van der Waals surface area (Å²) in [6.07, 6.45) is 1.38. The SMILES string of the molecule is CCc1cc(OC(=O)c2ccccc2)cc(CC)c1O. The third-order valence-electron chi connectivity index (χ3n) is 3.22. The van der Waals surface area contributed by atoms with E-state index in [1.165, 1.54) is 0 Å². The van der Waals surface area contributed by atoms with Crippen molar-refractivity contribution in [2.75, 3.05) is 0 Å². The first-order chi connectivity index (χ1) is 9.65. The first kappa shape index (κ1) is 14.1. The molecule has 0 bridgehead atoms. The molecule has 0 unspecified atom stereocenters. The van der Waals surface area contributed by atoms with E-state index in [1.807, 2.05) is 19.9 Å². The monoisotopic (exact) mass is 270 g/mol. The zero-order valence-electron chi connectivity index (χ0n) is 11.7. The molecule has 0 aliphatic rings. The van der Waals surface area contributed by atoms with Crippen LogP contribution >= 0.6 is 0 Å². The summed E-state index contributed by atoms with van der Waals surface area (Å²) >= 11 is 0. The Morgan fingerprint density at radius 1 is 1.05 bits per heavy atom. The van der Waals surface area contributed by atoms with Crippen LogP contribution in [-0.2, 0) is 12.8 Å². The van der Waals surface area contributed by atoms with Gasteiger partial charge >= 0.3 is 5.97 Å². The van der Waals surface area contributed by atoms with Gasteiger partial charge < -0.3 is 9.84 Å². The van der Waals surface area contributed by atoms with Crippen molar-refractivity contribution < 1.29 is 14.6 Å². The van der Waals surface area contributed by atoms with E-state index in [1.54, 1.807) is 36.4 Å². The number of ether oxygens (including phenoxy) is 1. The lowest BCUT2D eigenvalue weighted by Gasteiger charge is -2.11. The molecule has 0 aromatic heterocycles. The molecule has 0 atom stereocenters. The fraction of sp³-hybridized carbons (Fsp3) is 0.235. The van der Waals surface area contributed by atoms with Crippen LogP contribution in [0.5, 0.6) is 11.5 Å². The van der Waals surface area contributed by atoms with E-state index in [0.29, 0.717) is 29.9 Å². The summed E-state index contributed by atoms with van der Waals surface area (Å²) in [5, 5.41) is 10.0. The second-order valence-corrected chi connectivity index (χ2v) is 4.55. The first-order valence-corrected chi connectivity index (χ1v) is 6.77. The van der Waals surface area contributed by atoms with Crippen LogP contribution in [0.4, 0.5) is 0 Å². The number of carbonyl (C=O) groups excluding carboxylic acids is 1. The second-order valence-electron chi connectivity index (χ2n) is 4.55. The van der Waals surface area contributed by atoms with Crippen molar-refractivity contribution in [2.24, 2.45) is 0 Å². The molecule has 20 heavy (non-hydrogen) atoms. The van der Waals surface area contributed by atoms with Gasteiger partial charge in [-0.1, -0.05) is 32.0 Å². The van der Waals surface area contributed by atoms with Crippen molar-refractivity contribution in [3.63, 3.8) is 0 Å². The highest BCUT2D eigenvalue weighted by molar-refractivity contribution is 5.91. The molecule has 2 rings (SSSR count). The predicted octanol–water partition coefficient (Wildman–Crippen LogP) is 3.74. The molecule has 1 N–H and O–H groups in total. The van der Waals surface area contributed by atoms with Crippen LogP contribution in [0.3, 0.4) is 0 Å². The van der Waals surface area contributed by atoms with Crippen LogP contribution in [0, 0.1) is 0 Å². The fourth-order valence-corrected chi connectivity index (χ4v) is 2.07. The van der Waals surface area contributed by atoms with Gasteiger partial charge in [-0.05, 0) is 48.2 Å². The van der Waals surface area contributed by atoms with E-state index < -0.39 is 0 Å². The lowest BCUT2D eigenvalue weighted by molar-refractivity contribution is 0.0734. The van der Waals surface area contributed by atoms with Gasteiger partial charge in [-0.25, -0.2) is 4.79 Å². The van der Waals surface area contributed by atoms with Crippen molar-refractivity contribution in [3.8, 4) is 11.5 Å². The highest BCUT2D eigenvalue weighted by Crippen LogP contribution is 2.29. The van der Waals surface area contributed by atoms with Crippen LogP contribution in [0.15, 0.2) is 42.5 Å². The van der Waals surface area contributed by atoms with Gasteiger partial charge in [-0.2, -0.15) is 0 Å². The van der Waals surface area contributed by atoms with E-state index in [0.717, 1.165) is 11.1 Å². The molecule has 0 radical (unpaired) electrons. The molecule has 0 saturated heterocycles. The fourth-order valence-electron chi connectivity index (χ4n) is 2.07. The Morgan fingerprint density at radius 3 is 2.10 bits per heavy atom. The number of aryl methyl sites for hydroxylation is 2. The molecule has 0 aliphatic carbocycles. The maximum Gasteiger partial charge on any atom is 0.343 e. The minimum Gasteiger partial charge on any atom is -0.507 e. The number of hydrogen-bond acceptors (Lipinski definition) is 3. The maximum absolute atomic E-state index is 12.0. The van der Waals surface area contributed by atoms with Crippen LogP contribution in [0.1, 0.15) is 35.3 Å². The summed E-state index contributed by atoms with van der Waals surface area (Å²) in [5.41, 5.74) is 2.09. The lowest BCUT2D eigenvalue weighted by atomic mass is 10.0. The van der Waals surface area contributed by atoms with Crippen molar-refractivity contribution >= 4 is 5.97 Å². The van der Waals surface area contributed by atoms with E-state index in [9.17, 15) is 9.90 Å². The molecule has 0 fully saturated rings. The quantitative estimate of drug-likeness (QED) is 0.680. The third kappa shape index (κ3) is 2.99. The van der Waals surface area contributed by atoms with Gasteiger partial charge in [-0.15, -0.1) is 0 Å². The molecule has 0 amide bonds. The molecule has 2 aromatic rings. The highest BCUT2D eigenvalue weighted by atomic mass is 16.5. The zero-order chi connectivity index (χ0) is 14.5. The average molecular weight is 270 g/mol. The number of hydrogen-bond donors (Lipinski definition) is 1. The van der Waals surface area contributed by atoms with Gasteiger partial charge in [-0.3, -0.25) is 0 Å². The standard InChI is InChI=1S/C17H18O3/c1-3-12-10-15(11-13(4-2)16(12)18)20-17(19)14-8-6-5-7-9-14/h5-11,18H,3-4H2,1-2H3. The molecular formula is C17H18O3. The van der Waals surface area contributed by atoms with E-state index in [4.69, 9.17) is 4.74 Å². The van der Waals surface area contributed by atoms with E-state index >= 15 is 0 Å². The molecule has 104 valence electrons. The van der Waals surface area contributed by atoms with Crippen molar-refractivity contribution in [2.45, 2.75) is 26.7 Å². The smallest absolute Gasteiger partial charge is 0.343 e. The summed E-state index contributed by atoms with van der Waals surface area (Å²) in [5.74, 6) is 0.389. The van der Waals surface area contributed by atoms with Crippen LogP contribution < -0.4 is 4.74 Å². The molecular weight excluding hydrogens is 252 g/mol. The van der Waals surface area contributed by atoms with Gasteiger partial charge in [0.15, 0.2) is 0 Å². The van der Waals surface area contributed by atoms with E-state index in [-0.39, 0.29) is 5.97 Å². The molecule has 0 heterocycles. The van der Waals surface area contributed by atoms with Crippen LogP contribution in [0.25, 0.3) is 0 Å². The Bertz CT molecular complexity index is 578. The Kier molecular flexibility index (Phi) is 4.41. The number of carbonyl (C=O) groups is 1. The minimum absolute atomic E-state index is 0.300. The van der Waals surface area contributed by atoms with Crippen LogP contribution in [-0.4, -0.2) is 11.1 Å². The molecule has 0 spiro atoms. The number of esters is 1. The van der Waals surface area contributed by atoms with Gasteiger partial charge in [0.05, 0.1) is 5.56 Å². The zero-order valence-corrected chi connectivity index (χ0v) is 11.7. The van der Waals surface area contributed by atoms with Crippen LogP contribution in [0.2, 0.25) is 0 Å². The summed E-state index contributed by atoms with van der Waals surface area (Å²) in [7, 11) is 0. The van der Waals surface area contributed by atoms with Crippen molar-refractivity contribution in [1.29, 1.82) is 0 Å². The molecule has 0 aliphatic heterocycles. The van der Waals surface area contributed by atoms with Crippen molar-refractivity contribution in [3.05, 3.63) is 59.2 Å². The topological polar surface area (TPSA) is 46.5 Å². The Balaban J connectivity index is 2.28. The number of aromatic hydroxyl groups is 1. The normalized spacial score (nSPS) is 10.3. The summed E-state index contributed by atoms with van der Waals surface area (Å²) in [4.78, 5) is 12.0. The second kappa shape index (κ2) is 6.24. The van der Waals surface area contributed by atoms with Gasteiger partial charge in [0.2, 0.25) is 0 Å². The summed E-state index contributed by atoms with van der Waals surface area (Å²) < 4.78 is 5.39. The van der Waals surface area contributed by atoms with Gasteiger partial charge in [0, 0.05) is 0 Å². The number of rotatable bonds is 4. The number of phenols is 1. The summed E-state index contributed by atoms with van der Waals surface area (Å²) in [6, 6.07) is 12.3. The minimum atomic E-state index is -0.389. The highest BCUT2D eigenvalue weighted by Gasteiger charge is 2.12. The average Bonchev–Trinajstić information content (AvgIpc) is 2.49. The molecule has 0 saturated carbocycles. The Hall–Kier alpha value is -2.29. The predicted molar refractivity (Wildman–Crippen MR) is 78.3 cm³/mol. The Morgan fingerprint density at radius 2 is 1.60 bits per heavy atom. The Labute approximate surface area is 118 Å². The third-order valence-corrected chi connectivity index (χ3v) is 3.22. The molecule has 3 nitrogen and oxygen atoms in total. The lowest BCUT2D eigenvalue weighted by Crippen LogP contribution is -2.08. The molecule has 2 aromatic carbocycles. The van der Waals surface area contributed by atoms with Gasteiger partial charge in [0.25, 0.3) is 0 Å². The first-order valence-electron chi connectivity index (χ1n) is 6.77. The van der Waals surface area contributed by atoms with Crippen molar-refractivity contribution in [1.82, 2.24) is 0 Å². The largest absolute Gasteiger partial charge is 0.507 e. The number of benzene rings is 2. The number of phenolic OH excluding ortho intramolecular Hbond substituents is 1. The molecule has 3 heteroatoms. The summed E-state index contributed by atoms with van der Waals surface area (Å²) in [6.45, 7) is 3.91.